The third-order valence-electron chi connectivity index (χ3n) is 3.57. The van der Waals surface area contributed by atoms with E-state index in [1.807, 2.05) is 0 Å². The van der Waals surface area contributed by atoms with Gasteiger partial charge in [0.25, 0.3) is 0 Å². The summed E-state index contributed by atoms with van der Waals surface area (Å²) in [6, 6.07) is 5.69. The number of nitrogens with zero attached hydrogens (tertiary/aromatic N) is 1. The highest BCUT2D eigenvalue weighted by atomic mass is 79.9. The lowest BCUT2D eigenvalue weighted by atomic mass is 9.99. The molecule has 1 fully saturated rings. The highest BCUT2D eigenvalue weighted by molar-refractivity contribution is 9.09. The lowest BCUT2D eigenvalue weighted by Crippen LogP contribution is -2.39. The number of hydrogen-bond donors (Lipinski definition) is 0. The fourth-order valence-corrected chi connectivity index (χ4v) is 3.39. The third kappa shape index (κ3) is 3.14. The van der Waals surface area contributed by atoms with Gasteiger partial charge >= 0.3 is 5.76 Å². The van der Waals surface area contributed by atoms with E-state index in [9.17, 15) is 17.2 Å². The van der Waals surface area contributed by atoms with Crippen molar-refractivity contribution in [1.82, 2.24) is 0 Å². The Labute approximate surface area is 126 Å². The van der Waals surface area contributed by atoms with Crippen LogP contribution in [0.2, 0.25) is 0 Å². The van der Waals surface area contributed by atoms with Crippen molar-refractivity contribution >= 4 is 31.5 Å². The van der Waals surface area contributed by atoms with E-state index >= 15 is 0 Å². The summed E-state index contributed by atoms with van der Waals surface area (Å²) in [5, 5.41) is 0. The van der Waals surface area contributed by atoms with Gasteiger partial charge in [-0.2, -0.15) is 8.78 Å². The van der Waals surface area contributed by atoms with Crippen molar-refractivity contribution in [2.75, 3.05) is 18.0 Å². The molecule has 0 radical (unpaired) electrons. The maximum atomic E-state index is 12.4. The van der Waals surface area contributed by atoms with E-state index in [4.69, 9.17) is 0 Å². The number of sulfone groups is 1. The minimum absolute atomic E-state index is 0.334. The van der Waals surface area contributed by atoms with Crippen LogP contribution in [0.3, 0.4) is 0 Å². The smallest absolute Gasteiger partial charge is 0.341 e. The van der Waals surface area contributed by atoms with Crippen molar-refractivity contribution in [3.8, 4) is 0 Å². The van der Waals surface area contributed by atoms with Crippen molar-refractivity contribution in [2.24, 2.45) is 5.92 Å². The van der Waals surface area contributed by atoms with Gasteiger partial charge in [-0.25, -0.2) is 8.42 Å². The van der Waals surface area contributed by atoms with E-state index < -0.39 is 15.6 Å². The normalized spacial score (nSPS) is 24.1. The van der Waals surface area contributed by atoms with Crippen molar-refractivity contribution in [2.45, 2.75) is 28.8 Å². The molecule has 1 saturated heterocycles. The number of anilines is 1. The van der Waals surface area contributed by atoms with Gasteiger partial charge in [0.05, 0.1) is 4.90 Å². The fraction of sp³-hybridized carbons (Fsp3) is 0.538. The third-order valence-corrected chi connectivity index (χ3v) is 6.32. The standard InChI is InChI=1S/C13H16BrF2NO2S/c1-9-8-17(7-6-12(9)14)10-2-4-11(5-3-10)20(18,19)13(15)16/h2-5,9,12-13H,6-8H2,1H3. The molecule has 0 bridgehead atoms. The van der Waals surface area contributed by atoms with Crippen LogP contribution in [0.25, 0.3) is 0 Å². The Morgan fingerprint density at radius 2 is 1.90 bits per heavy atom. The maximum Gasteiger partial charge on any atom is 0.341 e. The molecule has 0 aromatic heterocycles. The summed E-state index contributed by atoms with van der Waals surface area (Å²) in [5.74, 6) is -2.90. The fourth-order valence-electron chi connectivity index (χ4n) is 2.30. The summed E-state index contributed by atoms with van der Waals surface area (Å²) in [6.45, 7) is 3.86. The molecule has 112 valence electrons. The van der Waals surface area contributed by atoms with Crippen LogP contribution in [0.1, 0.15) is 13.3 Å². The first-order valence-corrected chi connectivity index (χ1v) is 8.79. The zero-order valence-electron chi connectivity index (χ0n) is 11.0. The molecule has 7 heteroatoms. The van der Waals surface area contributed by atoms with Crippen molar-refractivity contribution < 1.29 is 17.2 Å². The molecule has 2 atom stereocenters. The van der Waals surface area contributed by atoms with Gasteiger partial charge in [-0.15, -0.1) is 0 Å². The van der Waals surface area contributed by atoms with Gasteiger partial charge in [0.15, 0.2) is 0 Å². The minimum atomic E-state index is -4.50. The van der Waals surface area contributed by atoms with Crippen LogP contribution in [-0.2, 0) is 9.84 Å². The van der Waals surface area contributed by atoms with Gasteiger partial charge in [-0.1, -0.05) is 22.9 Å². The monoisotopic (exact) mass is 367 g/mol. The SMILES string of the molecule is CC1CN(c2ccc(S(=O)(=O)C(F)F)cc2)CCC1Br. The largest absolute Gasteiger partial charge is 0.371 e. The quantitative estimate of drug-likeness (QED) is 0.769. The number of piperidine rings is 1. The van der Waals surface area contributed by atoms with Crippen LogP contribution < -0.4 is 4.90 Å². The van der Waals surface area contributed by atoms with Gasteiger partial charge in [0.1, 0.15) is 0 Å². The van der Waals surface area contributed by atoms with E-state index in [-0.39, 0.29) is 4.90 Å². The number of halogens is 3. The Morgan fingerprint density at radius 1 is 1.30 bits per heavy atom. The van der Waals surface area contributed by atoms with Gasteiger partial charge in [0, 0.05) is 23.6 Å². The molecule has 1 aliphatic rings. The molecular weight excluding hydrogens is 352 g/mol. The van der Waals surface area contributed by atoms with Gasteiger partial charge in [-0.05, 0) is 36.6 Å². The molecular formula is C13H16BrF2NO2S. The average Bonchev–Trinajstić information content (AvgIpc) is 2.42. The van der Waals surface area contributed by atoms with E-state index in [0.29, 0.717) is 10.7 Å². The van der Waals surface area contributed by atoms with Gasteiger partial charge in [-0.3, -0.25) is 0 Å². The Kier molecular flexibility index (Phi) is 4.69. The molecule has 3 nitrogen and oxygen atoms in total. The second kappa shape index (κ2) is 5.97. The summed E-state index contributed by atoms with van der Waals surface area (Å²) in [6.07, 6.45) is 0.998. The Balaban J connectivity index is 2.17. The number of rotatable bonds is 3. The average molecular weight is 368 g/mol. The summed E-state index contributed by atoms with van der Waals surface area (Å²) >= 11 is 3.62. The van der Waals surface area contributed by atoms with Crippen LogP contribution in [0.4, 0.5) is 14.5 Å². The minimum Gasteiger partial charge on any atom is -0.371 e. The summed E-state index contributed by atoms with van der Waals surface area (Å²) in [4.78, 5) is 2.29. The van der Waals surface area contributed by atoms with E-state index in [2.05, 4.69) is 27.8 Å². The van der Waals surface area contributed by atoms with Crippen molar-refractivity contribution in [3.05, 3.63) is 24.3 Å². The molecule has 1 aromatic carbocycles. The molecule has 1 heterocycles. The first kappa shape index (κ1) is 15.7. The lowest BCUT2D eigenvalue weighted by Gasteiger charge is -2.36. The number of hydrogen-bond acceptors (Lipinski definition) is 3. The number of benzene rings is 1. The molecule has 0 saturated carbocycles. The molecule has 1 aliphatic heterocycles. The topological polar surface area (TPSA) is 37.4 Å². The van der Waals surface area contributed by atoms with Crippen molar-refractivity contribution in [1.29, 1.82) is 0 Å². The molecule has 1 aromatic rings. The molecule has 2 unspecified atom stereocenters. The van der Waals surface area contributed by atoms with Gasteiger partial charge < -0.3 is 4.90 Å². The Morgan fingerprint density at radius 3 is 2.40 bits per heavy atom. The molecule has 20 heavy (non-hydrogen) atoms. The van der Waals surface area contributed by atoms with Crippen LogP contribution in [0.15, 0.2) is 29.2 Å². The zero-order chi connectivity index (χ0) is 14.9. The van der Waals surface area contributed by atoms with Crippen LogP contribution in [-0.4, -0.2) is 32.1 Å². The zero-order valence-corrected chi connectivity index (χ0v) is 13.4. The first-order chi connectivity index (χ1) is 9.32. The number of alkyl halides is 3. The van der Waals surface area contributed by atoms with Crippen LogP contribution in [0.5, 0.6) is 0 Å². The summed E-state index contributed by atoms with van der Waals surface area (Å²) in [5.41, 5.74) is 0.865. The Hall–Kier alpha value is -0.690. The van der Waals surface area contributed by atoms with Crippen molar-refractivity contribution in [3.63, 3.8) is 0 Å². The predicted molar refractivity (Wildman–Crippen MR) is 78.3 cm³/mol. The second-order valence-electron chi connectivity index (χ2n) is 5.03. The molecule has 0 aliphatic carbocycles. The highest BCUT2D eigenvalue weighted by Gasteiger charge is 2.27. The van der Waals surface area contributed by atoms with Crippen LogP contribution in [0, 0.1) is 5.92 Å². The summed E-state index contributed by atoms with van der Waals surface area (Å²) in [7, 11) is -4.50. The summed E-state index contributed by atoms with van der Waals surface area (Å²) < 4.78 is 47.6. The van der Waals surface area contributed by atoms with E-state index in [1.54, 1.807) is 12.1 Å². The molecule has 2 rings (SSSR count). The van der Waals surface area contributed by atoms with Crippen LogP contribution >= 0.6 is 15.9 Å². The second-order valence-corrected chi connectivity index (χ2v) is 8.12. The van der Waals surface area contributed by atoms with Gasteiger partial charge in [0.2, 0.25) is 9.84 Å². The Bertz CT molecular complexity index is 562. The maximum absolute atomic E-state index is 12.4. The molecule has 0 N–H and O–H groups in total. The molecule has 0 spiro atoms. The predicted octanol–water partition coefficient (Wildman–Crippen LogP) is 3.29. The van der Waals surface area contributed by atoms with E-state index in [1.165, 1.54) is 12.1 Å². The highest BCUT2D eigenvalue weighted by Crippen LogP contribution is 2.28. The molecule has 0 amide bonds. The first-order valence-electron chi connectivity index (χ1n) is 6.33. The lowest BCUT2D eigenvalue weighted by molar-refractivity contribution is 0.234. The van der Waals surface area contributed by atoms with E-state index in [0.717, 1.165) is 25.2 Å².